The van der Waals surface area contributed by atoms with Crippen molar-refractivity contribution in [2.75, 3.05) is 11.0 Å². The molecule has 0 radical (unpaired) electrons. The number of hydrogen-bond donors (Lipinski definition) is 2. The molecule has 0 aliphatic rings. The predicted molar refractivity (Wildman–Crippen MR) is 120 cm³/mol. The Bertz CT molecular complexity index is 1440. The summed E-state index contributed by atoms with van der Waals surface area (Å²) in [5.41, 5.74) is 2.98. The van der Waals surface area contributed by atoms with Crippen molar-refractivity contribution in [2.45, 2.75) is 19.4 Å². The van der Waals surface area contributed by atoms with Crippen LogP contribution >= 0.6 is 0 Å². The largest absolute Gasteiger partial charge is 0.378 e. The van der Waals surface area contributed by atoms with Crippen molar-refractivity contribution in [3.8, 4) is 23.0 Å². The average molecular weight is 420 g/mol. The molecule has 6 nitrogen and oxygen atoms in total. The van der Waals surface area contributed by atoms with Crippen LogP contribution in [0.2, 0.25) is 0 Å². The van der Waals surface area contributed by atoms with E-state index >= 15 is 0 Å². The van der Waals surface area contributed by atoms with Gasteiger partial charge in [-0.25, -0.2) is 12.9 Å². The minimum Gasteiger partial charge on any atom is -0.378 e. The van der Waals surface area contributed by atoms with Gasteiger partial charge < -0.3 is 5.11 Å². The Morgan fingerprint density at radius 1 is 1.10 bits per heavy atom. The molecule has 0 aliphatic carbocycles. The fourth-order valence-electron chi connectivity index (χ4n) is 3.27. The first-order valence-electron chi connectivity index (χ1n) is 9.33. The molecule has 0 unspecified atom stereocenters. The molecule has 0 saturated heterocycles. The van der Waals surface area contributed by atoms with E-state index < -0.39 is 15.6 Å². The van der Waals surface area contributed by atoms with Gasteiger partial charge in [0.15, 0.2) is 0 Å². The molecule has 4 aromatic rings. The van der Waals surface area contributed by atoms with Gasteiger partial charge in [0, 0.05) is 17.4 Å². The van der Waals surface area contributed by atoms with Crippen LogP contribution in [0.15, 0.2) is 60.9 Å². The number of anilines is 1. The molecule has 2 aromatic heterocycles. The van der Waals surface area contributed by atoms with Crippen LogP contribution < -0.4 is 4.72 Å². The number of rotatable bonds is 3. The lowest BCUT2D eigenvalue weighted by Gasteiger charge is -2.08. The molecule has 0 atom stereocenters. The zero-order valence-corrected chi connectivity index (χ0v) is 17.7. The summed E-state index contributed by atoms with van der Waals surface area (Å²) in [7, 11) is -3.33. The molecule has 2 heterocycles. The van der Waals surface area contributed by atoms with Crippen LogP contribution in [0.5, 0.6) is 0 Å². The molecule has 4 rings (SSSR count). The van der Waals surface area contributed by atoms with E-state index in [0.717, 1.165) is 39.2 Å². The molecular formula is C23H21N3O3S. The second kappa shape index (κ2) is 7.17. The standard InChI is InChI=1S/C23H21N3O3S/c1-23(2,27)11-10-16-5-4-12-26-22(16)21(15-24-26)19-7-6-18-14-20(25-30(3,28)29)9-8-17(18)13-19/h4-9,12-15,25,27H,1-3H3. The highest BCUT2D eigenvalue weighted by atomic mass is 32.2. The zero-order chi connectivity index (χ0) is 21.5. The fourth-order valence-corrected chi connectivity index (χ4v) is 3.82. The van der Waals surface area contributed by atoms with Gasteiger partial charge in [-0.2, -0.15) is 5.10 Å². The third-order valence-electron chi connectivity index (χ3n) is 4.50. The molecule has 0 aliphatic heterocycles. The zero-order valence-electron chi connectivity index (χ0n) is 16.8. The van der Waals surface area contributed by atoms with Gasteiger partial charge in [0.2, 0.25) is 10.0 Å². The van der Waals surface area contributed by atoms with Crippen molar-refractivity contribution in [3.05, 3.63) is 66.5 Å². The van der Waals surface area contributed by atoms with E-state index in [1.54, 1.807) is 36.7 Å². The van der Waals surface area contributed by atoms with Crippen molar-refractivity contribution in [1.29, 1.82) is 0 Å². The number of nitrogens with zero attached hydrogens (tertiary/aromatic N) is 2. The molecule has 0 spiro atoms. The van der Waals surface area contributed by atoms with Crippen molar-refractivity contribution in [1.82, 2.24) is 9.61 Å². The molecule has 2 aromatic carbocycles. The summed E-state index contributed by atoms with van der Waals surface area (Å²) in [4.78, 5) is 0. The Balaban J connectivity index is 1.82. The van der Waals surface area contributed by atoms with Gasteiger partial charge in [-0.3, -0.25) is 4.72 Å². The Kier molecular flexibility index (Phi) is 4.77. The van der Waals surface area contributed by atoms with Gasteiger partial charge in [-0.05, 0) is 60.5 Å². The molecule has 30 heavy (non-hydrogen) atoms. The van der Waals surface area contributed by atoms with Crippen molar-refractivity contribution in [2.24, 2.45) is 0 Å². The van der Waals surface area contributed by atoms with Crippen LogP contribution in [-0.2, 0) is 10.0 Å². The number of benzene rings is 2. The second-order valence-corrected chi connectivity index (χ2v) is 9.48. The SMILES string of the molecule is CC(C)(O)C#Cc1cccn2ncc(-c3ccc4cc(NS(C)(=O)=O)ccc4c3)c12. The monoisotopic (exact) mass is 419 g/mol. The highest BCUT2D eigenvalue weighted by molar-refractivity contribution is 7.92. The maximum Gasteiger partial charge on any atom is 0.229 e. The summed E-state index contributed by atoms with van der Waals surface area (Å²) in [5.74, 6) is 5.93. The normalized spacial score (nSPS) is 12.0. The van der Waals surface area contributed by atoms with Crippen LogP contribution in [0.25, 0.3) is 27.4 Å². The summed E-state index contributed by atoms with van der Waals surface area (Å²) < 4.78 is 27.2. The van der Waals surface area contributed by atoms with Gasteiger partial charge >= 0.3 is 0 Å². The van der Waals surface area contributed by atoms with Crippen LogP contribution in [0.3, 0.4) is 0 Å². The van der Waals surface area contributed by atoms with Crippen LogP contribution in [0, 0.1) is 11.8 Å². The van der Waals surface area contributed by atoms with Gasteiger partial charge in [0.1, 0.15) is 5.60 Å². The predicted octanol–water partition coefficient (Wildman–Crippen LogP) is 3.65. The topological polar surface area (TPSA) is 83.7 Å². The fraction of sp³-hybridized carbons (Fsp3) is 0.174. The molecule has 0 fully saturated rings. The average Bonchev–Trinajstić information content (AvgIpc) is 3.09. The van der Waals surface area contributed by atoms with Gasteiger partial charge in [-0.15, -0.1) is 0 Å². The Morgan fingerprint density at radius 2 is 1.83 bits per heavy atom. The summed E-state index contributed by atoms with van der Waals surface area (Å²) in [6.07, 6.45) is 4.79. The lowest BCUT2D eigenvalue weighted by atomic mass is 10.0. The molecule has 2 N–H and O–H groups in total. The van der Waals surface area contributed by atoms with Crippen LogP contribution in [0.4, 0.5) is 5.69 Å². The van der Waals surface area contributed by atoms with Crippen LogP contribution in [0.1, 0.15) is 19.4 Å². The Morgan fingerprint density at radius 3 is 2.57 bits per heavy atom. The molecule has 152 valence electrons. The van der Waals surface area contributed by atoms with E-state index in [2.05, 4.69) is 21.7 Å². The van der Waals surface area contributed by atoms with E-state index in [1.165, 1.54) is 0 Å². The minimum absolute atomic E-state index is 0.526. The first-order chi connectivity index (χ1) is 14.1. The number of sulfonamides is 1. The van der Waals surface area contributed by atoms with E-state index in [0.29, 0.717) is 5.69 Å². The van der Waals surface area contributed by atoms with E-state index in [4.69, 9.17) is 0 Å². The third kappa shape index (κ3) is 4.30. The number of fused-ring (bicyclic) bond motifs is 2. The molecule has 0 saturated carbocycles. The molecular weight excluding hydrogens is 398 g/mol. The highest BCUT2D eigenvalue weighted by Crippen LogP contribution is 2.30. The van der Waals surface area contributed by atoms with E-state index in [1.807, 2.05) is 42.6 Å². The third-order valence-corrected chi connectivity index (χ3v) is 5.10. The van der Waals surface area contributed by atoms with Crippen molar-refractivity contribution >= 4 is 32.0 Å². The number of aromatic nitrogens is 2. The van der Waals surface area contributed by atoms with Crippen molar-refractivity contribution < 1.29 is 13.5 Å². The quantitative estimate of drug-likeness (QED) is 0.497. The minimum atomic E-state index is -3.33. The second-order valence-electron chi connectivity index (χ2n) is 7.73. The maximum absolute atomic E-state index is 11.5. The van der Waals surface area contributed by atoms with Gasteiger partial charge in [0.25, 0.3) is 0 Å². The molecule has 7 heteroatoms. The molecule has 0 amide bonds. The highest BCUT2D eigenvalue weighted by Gasteiger charge is 2.12. The first kappa shape index (κ1) is 20.0. The number of nitrogens with one attached hydrogen (secondary N) is 1. The first-order valence-corrected chi connectivity index (χ1v) is 11.2. The summed E-state index contributed by atoms with van der Waals surface area (Å²) >= 11 is 0. The van der Waals surface area contributed by atoms with E-state index in [9.17, 15) is 13.5 Å². The summed E-state index contributed by atoms with van der Waals surface area (Å²) in [5, 5.41) is 16.3. The summed E-state index contributed by atoms with van der Waals surface area (Å²) in [6, 6.07) is 15.2. The maximum atomic E-state index is 11.5. The van der Waals surface area contributed by atoms with E-state index in [-0.39, 0.29) is 0 Å². The van der Waals surface area contributed by atoms with Crippen LogP contribution in [-0.4, -0.2) is 35.0 Å². The lowest BCUT2D eigenvalue weighted by Crippen LogP contribution is -2.14. The van der Waals surface area contributed by atoms with Gasteiger partial charge in [0.05, 0.1) is 23.5 Å². The summed E-state index contributed by atoms with van der Waals surface area (Å²) in [6.45, 7) is 3.29. The number of aliphatic hydroxyl groups is 1. The Hall–Kier alpha value is -3.34. The van der Waals surface area contributed by atoms with Gasteiger partial charge in [-0.1, -0.05) is 30.0 Å². The Labute approximate surface area is 175 Å². The smallest absolute Gasteiger partial charge is 0.229 e. The van der Waals surface area contributed by atoms with Crippen molar-refractivity contribution in [3.63, 3.8) is 0 Å². The number of pyridine rings is 1. The lowest BCUT2D eigenvalue weighted by molar-refractivity contribution is 0.143. The number of hydrogen-bond acceptors (Lipinski definition) is 4. The molecule has 0 bridgehead atoms.